The molecule has 1 unspecified atom stereocenters. The Morgan fingerprint density at radius 2 is 2.17 bits per heavy atom. The number of hydrogen-bond donors (Lipinski definition) is 2. The molecule has 23 heavy (non-hydrogen) atoms. The number of ether oxygens (including phenoxy) is 1. The van der Waals surface area contributed by atoms with Crippen LogP contribution in [0.25, 0.3) is 0 Å². The lowest BCUT2D eigenvalue weighted by atomic mass is 9.99. The molecule has 0 bridgehead atoms. The third kappa shape index (κ3) is 6.08. The van der Waals surface area contributed by atoms with Gasteiger partial charge in [-0.1, -0.05) is 6.07 Å². The van der Waals surface area contributed by atoms with Crippen molar-refractivity contribution in [3.05, 3.63) is 24.3 Å². The van der Waals surface area contributed by atoms with Crippen molar-refractivity contribution in [3.8, 4) is 5.75 Å². The molecule has 1 aromatic rings. The lowest BCUT2D eigenvalue weighted by Gasteiger charge is -2.22. The maximum absolute atomic E-state index is 12.2. The second-order valence-electron chi connectivity index (χ2n) is 5.64. The van der Waals surface area contributed by atoms with Gasteiger partial charge in [-0.2, -0.15) is 0 Å². The van der Waals surface area contributed by atoms with Crippen molar-refractivity contribution in [3.63, 3.8) is 0 Å². The van der Waals surface area contributed by atoms with Gasteiger partial charge >= 0.3 is 0 Å². The molecule has 2 rings (SSSR count). The van der Waals surface area contributed by atoms with Crippen LogP contribution in [0.1, 0.15) is 12.8 Å². The van der Waals surface area contributed by atoms with E-state index in [2.05, 4.69) is 10.6 Å². The van der Waals surface area contributed by atoms with E-state index in [1.54, 1.807) is 32.3 Å². The van der Waals surface area contributed by atoms with Crippen LogP contribution in [0.5, 0.6) is 5.75 Å². The topological polar surface area (TPSA) is 70.7 Å². The molecular formula is C16H24ClN3O3. The summed E-state index contributed by atoms with van der Waals surface area (Å²) in [5.41, 5.74) is 0.686. The number of carbonyl (C=O) groups excluding carboxylic acids is 2. The summed E-state index contributed by atoms with van der Waals surface area (Å²) in [6.07, 6.45) is 1.93. The number of nitrogens with one attached hydrogen (secondary N) is 2. The van der Waals surface area contributed by atoms with E-state index in [1.807, 2.05) is 6.07 Å². The number of carbonyl (C=O) groups is 2. The van der Waals surface area contributed by atoms with Crippen molar-refractivity contribution < 1.29 is 14.3 Å². The van der Waals surface area contributed by atoms with E-state index in [9.17, 15) is 9.59 Å². The smallest absolute Gasteiger partial charge is 0.259 e. The van der Waals surface area contributed by atoms with Crippen LogP contribution in [-0.4, -0.2) is 50.5 Å². The second-order valence-corrected chi connectivity index (χ2v) is 5.64. The first-order chi connectivity index (χ1) is 10.6. The first-order valence-corrected chi connectivity index (χ1v) is 7.51. The lowest BCUT2D eigenvalue weighted by Crippen LogP contribution is -2.37. The van der Waals surface area contributed by atoms with Crippen LogP contribution in [0.3, 0.4) is 0 Å². The highest BCUT2D eigenvalue weighted by molar-refractivity contribution is 5.93. The van der Waals surface area contributed by atoms with Gasteiger partial charge in [-0.3, -0.25) is 9.59 Å². The van der Waals surface area contributed by atoms with Crippen molar-refractivity contribution >= 4 is 29.9 Å². The molecule has 2 N–H and O–H groups in total. The average Bonchev–Trinajstić information content (AvgIpc) is 2.53. The van der Waals surface area contributed by atoms with E-state index in [1.165, 1.54) is 4.90 Å². The summed E-state index contributed by atoms with van der Waals surface area (Å²) in [5, 5.41) is 6.14. The Bertz CT molecular complexity index is 531. The van der Waals surface area contributed by atoms with Gasteiger partial charge in [0.2, 0.25) is 5.91 Å². The van der Waals surface area contributed by atoms with Crippen LogP contribution < -0.4 is 15.4 Å². The Balaban J connectivity index is 0.00000264. The third-order valence-electron chi connectivity index (χ3n) is 3.63. The minimum Gasteiger partial charge on any atom is -0.484 e. The zero-order valence-electron chi connectivity index (χ0n) is 13.5. The number of rotatable bonds is 5. The first-order valence-electron chi connectivity index (χ1n) is 7.51. The summed E-state index contributed by atoms with van der Waals surface area (Å²) < 4.78 is 5.44. The molecule has 1 heterocycles. The van der Waals surface area contributed by atoms with Gasteiger partial charge in [-0.15, -0.1) is 12.4 Å². The Morgan fingerprint density at radius 1 is 1.39 bits per heavy atom. The van der Waals surface area contributed by atoms with Crippen LogP contribution >= 0.6 is 12.4 Å². The quantitative estimate of drug-likeness (QED) is 0.851. The normalized spacial score (nSPS) is 16.9. The summed E-state index contributed by atoms with van der Waals surface area (Å²) in [7, 11) is 3.36. The number of amides is 2. The highest BCUT2D eigenvalue weighted by atomic mass is 35.5. The summed E-state index contributed by atoms with van der Waals surface area (Å²) in [4.78, 5) is 25.2. The maximum atomic E-state index is 12.2. The van der Waals surface area contributed by atoms with Gasteiger partial charge in [0.25, 0.3) is 5.91 Å². The number of piperidine rings is 1. The van der Waals surface area contributed by atoms with Crippen molar-refractivity contribution in [2.75, 3.05) is 39.1 Å². The van der Waals surface area contributed by atoms with Gasteiger partial charge in [0.05, 0.1) is 5.92 Å². The van der Waals surface area contributed by atoms with Gasteiger partial charge < -0.3 is 20.3 Å². The van der Waals surface area contributed by atoms with E-state index >= 15 is 0 Å². The van der Waals surface area contributed by atoms with Crippen molar-refractivity contribution in [2.45, 2.75) is 12.8 Å². The number of hydrogen-bond acceptors (Lipinski definition) is 4. The molecule has 0 radical (unpaired) electrons. The number of nitrogens with zero attached hydrogens (tertiary/aromatic N) is 1. The fraction of sp³-hybridized carbons (Fsp3) is 0.500. The Hall–Kier alpha value is -1.79. The molecule has 128 valence electrons. The van der Waals surface area contributed by atoms with Crippen molar-refractivity contribution in [2.24, 2.45) is 5.92 Å². The van der Waals surface area contributed by atoms with Crippen LogP contribution in [0.2, 0.25) is 0 Å². The molecule has 6 nitrogen and oxygen atoms in total. The SMILES string of the molecule is CN(C)C(=O)COc1cccc(NC(=O)C2CCCNC2)c1.Cl. The van der Waals surface area contributed by atoms with E-state index in [0.717, 1.165) is 25.9 Å². The lowest BCUT2D eigenvalue weighted by molar-refractivity contribution is -0.130. The molecule has 0 aromatic heterocycles. The summed E-state index contributed by atoms with van der Waals surface area (Å²) in [5.74, 6) is 0.486. The summed E-state index contributed by atoms with van der Waals surface area (Å²) >= 11 is 0. The van der Waals surface area contributed by atoms with E-state index in [-0.39, 0.29) is 36.7 Å². The Kier molecular flexibility index (Phi) is 7.85. The standard InChI is InChI=1S/C16H23N3O3.ClH/c1-19(2)15(20)11-22-14-7-3-6-13(9-14)18-16(21)12-5-4-8-17-10-12;/h3,6-7,9,12,17H,4-5,8,10-11H2,1-2H3,(H,18,21);1H. The Morgan fingerprint density at radius 3 is 2.83 bits per heavy atom. The number of halogens is 1. The molecule has 0 spiro atoms. The van der Waals surface area contributed by atoms with Gasteiger partial charge in [0, 0.05) is 32.4 Å². The first kappa shape index (κ1) is 19.3. The van der Waals surface area contributed by atoms with E-state index in [4.69, 9.17) is 4.74 Å². The highest BCUT2D eigenvalue weighted by Gasteiger charge is 2.20. The van der Waals surface area contributed by atoms with Gasteiger partial charge in [-0.25, -0.2) is 0 Å². The highest BCUT2D eigenvalue weighted by Crippen LogP contribution is 2.19. The molecule has 7 heteroatoms. The fourth-order valence-electron chi connectivity index (χ4n) is 2.26. The molecule has 1 atom stereocenters. The van der Waals surface area contributed by atoms with Gasteiger partial charge in [0.1, 0.15) is 5.75 Å². The minimum atomic E-state index is -0.109. The predicted molar refractivity (Wildman–Crippen MR) is 92.1 cm³/mol. The second kappa shape index (κ2) is 9.37. The number of anilines is 1. The third-order valence-corrected chi connectivity index (χ3v) is 3.63. The molecule has 2 amide bonds. The molecule has 1 aliphatic heterocycles. The fourth-order valence-corrected chi connectivity index (χ4v) is 2.26. The summed E-state index contributed by atoms with van der Waals surface area (Å²) in [6, 6.07) is 7.11. The maximum Gasteiger partial charge on any atom is 0.259 e. The summed E-state index contributed by atoms with van der Waals surface area (Å²) in [6.45, 7) is 1.68. The molecule has 0 saturated carbocycles. The zero-order valence-corrected chi connectivity index (χ0v) is 14.3. The zero-order chi connectivity index (χ0) is 15.9. The van der Waals surface area contributed by atoms with Crippen LogP contribution in [0, 0.1) is 5.92 Å². The van der Waals surface area contributed by atoms with E-state index in [0.29, 0.717) is 11.4 Å². The van der Waals surface area contributed by atoms with Gasteiger partial charge in [0.15, 0.2) is 6.61 Å². The van der Waals surface area contributed by atoms with Gasteiger partial charge in [-0.05, 0) is 31.5 Å². The average molecular weight is 342 g/mol. The molecule has 1 aromatic carbocycles. The molecular weight excluding hydrogens is 318 g/mol. The predicted octanol–water partition coefficient (Wildman–Crippen LogP) is 1.51. The number of likely N-dealkylation sites (N-methyl/N-ethyl adjacent to an activating group) is 1. The minimum absolute atomic E-state index is 0. The monoisotopic (exact) mass is 341 g/mol. The molecule has 1 saturated heterocycles. The van der Waals surface area contributed by atoms with Crippen LogP contribution in [-0.2, 0) is 9.59 Å². The number of benzene rings is 1. The molecule has 1 aliphatic rings. The van der Waals surface area contributed by atoms with Crippen LogP contribution in [0.15, 0.2) is 24.3 Å². The van der Waals surface area contributed by atoms with E-state index < -0.39 is 0 Å². The van der Waals surface area contributed by atoms with Crippen molar-refractivity contribution in [1.82, 2.24) is 10.2 Å². The van der Waals surface area contributed by atoms with Crippen molar-refractivity contribution in [1.29, 1.82) is 0 Å². The van der Waals surface area contributed by atoms with Crippen LogP contribution in [0.4, 0.5) is 5.69 Å². The largest absolute Gasteiger partial charge is 0.484 e. The molecule has 0 aliphatic carbocycles. The Labute approximate surface area is 143 Å². The molecule has 1 fully saturated rings.